The van der Waals surface area contributed by atoms with Crippen LogP contribution in [0.2, 0.25) is 0 Å². The summed E-state index contributed by atoms with van der Waals surface area (Å²) in [6, 6.07) is 10.7. The maximum atomic E-state index is 12.8. The first kappa shape index (κ1) is 17.1. The van der Waals surface area contributed by atoms with Gasteiger partial charge in [0.2, 0.25) is 5.91 Å². The number of anilines is 2. The summed E-state index contributed by atoms with van der Waals surface area (Å²) in [4.78, 5) is 11.4. The number of carbonyl (C=O) groups excluding carboxylic acids is 1. The van der Waals surface area contributed by atoms with Gasteiger partial charge in [-0.1, -0.05) is 18.7 Å². The van der Waals surface area contributed by atoms with Crippen molar-refractivity contribution in [1.82, 2.24) is 0 Å². The number of hydrogen-bond donors (Lipinski definition) is 2. The average Bonchev–Trinajstić information content (AvgIpc) is 2.96. The summed E-state index contributed by atoms with van der Waals surface area (Å²) < 4.78 is 38.5. The molecular weight excluding hydrogens is 329 g/mol. The highest BCUT2D eigenvalue weighted by atomic mass is 19.4. The number of amides is 1. The second-order valence-corrected chi connectivity index (χ2v) is 5.92. The molecule has 1 aliphatic carbocycles. The first-order valence-corrected chi connectivity index (χ1v) is 7.87. The molecule has 1 unspecified atom stereocenters. The Morgan fingerprint density at radius 3 is 2.68 bits per heavy atom. The molecule has 2 N–H and O–H groups in total. The molecule has 0 aromatic heterocycles. The van der Waals surface area contributed by atoms with Crippen LogP contribution in [0.25, 0.3) is 0 Å². The van der Waals surface area contributed by atoms with Crippen LogP contribution in [0, 0.1) is 0 Å². The monoisotopic (exact) mass is 346 g/mol. The van der Waals surface area contributed by atoms with Gasteiger partial charge in [-0.2, -0.15) is 13.2 Å². The Hall–Kier alpha value is -2.76. The van der Waals surface area contributed by atoms with E-state index in [2.05, 4.69) is 17.2 Å². The first-order chi connectivity index (χ1) is 11.9. The Bertz CT molecular complexity index is 815. The quantitative estimate of drug-likeness (QED) is 0.771. The zero-order valence-corrected chi connectivity index (χ0v) is 13.4. The van der Waals surface area contributed by atoms with Crippen molar-refractivity contribution in [2.24, 2.45) is 0 Å². The smallest absolute Gasteiger partial charge is 0.378 e. The second kappa shape index (κ2) is 6.63. The fraction of sp³-hybridized carbons (Fsp3) is 0.211. The molecule has 130 valence electrons. The third kappa shape index (κ3) is 3.84. The van der Waals surface area contributed by atoms with Gasteiger partial charge in [-0.15, -0.1) is 0 Å². The van der Waals surface area contributed by atoms with E-state index in [0.29, 0.717) is 11.4 Å². The number of rotatable bonds is 4. The molecule has 1 amide bonds. The van der Waals surface area contributed by atoms with Gasteiger partial charge in [-0.25, -0.2) is 0 Å². The summed E-state index contributed by atoms with van der Waals surface area (Å²) in [7, 11) is 0. The molecule has 0 heterocycles. The van der Waals surface area contributed by atoms with Crippen molar-refractivity contribution in [2.45, 2.75) is 25.1 Å². The van der Waals surface area contributed by atoms with Gasteiger partial charge in [0, 0.05) is 11.4 Å². The minimum Gasteiger partial charge on any atom is -0.378 e. The molecule has 0 saturated heterocycles. The fourth-order valence-corrected chi connectivity index (χ4v) is 3.02. The van der Waals surface area contributed by atoms with Crippen LogP contribution in [0.1, 0.15) is 29.2 Å². The summed E-state index contributed by atoms with van der Waals surface area (Å²) in [6.07, 6.45) is -1.58. The largest absolute Gasteiger partial charge is 0.416 e. The molecule has 0 spiro atoms. The molecule has 1 aliphatic rings. The van der Waals surface area contributed by atoms with E-state index in [1.807, 2.05) is 12.1 Å². The Morgan fingerprint density at radius 2 is 1.96 bits per heavy atom. The number of fused-ring (bicyclic) bond motifs is 1. The van der Waals surface area contributed by atoms with E-state index in [1.165, 1.54) is 12.1 Å². The number of nitrogens with one attached hydrogen (secondary N) is 2. The van der Waals surface area contributed by atoms with Gasteiger partial charge < -0.3 is 10.6 Å². The molecule has 0 fully saturated rings. The average molecular weight is 346 g/mol. The molecule has 6 heteroatoms. The van der Waals surface area contributed by atoms with Gasteiger partial charge in [-0.3, -0.25) is 4.79 Å². The maximum absolute atomic E-state index is 12.8. The van der Waals surface area contributed by atoms with Crippen molar-refractivity contribution in [2.75, 3.05) is 10.6 Å². The Kier molecular flexibility index (Phi) is 4.53. The Labute approximate surface area is 143 Å². The van der Waals surface area contributed by atoms with Crippen LogP contribution >= 0.6 is 0 Å². The van der Waals surface area contributed by atoms with Gasteiger partial charge in [-0.05, 0) is 60.4 Å². The van der Waals surface area contributed by atoms with E-state index < -0.39 is 11.7 Å². The fourth-order valence-electron chi connectivity index (χ4n) is 3.02. The summed E-state index contributed by atoms with van der Waals surface area (Å²) in [5.41, 5.74) is 2.57. The second-order valence-electron chi connectivity index (χ2n) is 5.92. The number of benzene rings is 2. The molecule has 1 atom stereocenters. The summed E-state index contributed by atoms with van der Waals surface area (Å²) >= 11 is 0. The highest BCUT2D eigenvalue weighted by Gasteiger charge is 2.31. The van der Waals surface area contributed by atoms with Crippen molar-refractivity contribution in [3.63, 3.8) is 0 Å². The summed E-state index contributed by atoms with van der Waals surface area (Å²) in [5, 5.41) is 5.88. The van der Waals surface area contributed by atoms with Crippen molar-refractivity contribution in [3.8, 4) is 0 Å². The lowest BCUT2D eigenvalue weighted by Gasteiger charge is -2.17. The molecule has 3 rings (SSSR count). The molecule has 0 saturated carbocycles. The van der Waals surface area contributed by atoms with Gasteiger partial charge in [0.1, 0.15) is 0 Å². The zero-order chi connectivity index (χ0) is 18.0. The van der Waals surface area contributed by atoms with Crippen LogP contribution < -0.4 is 10.6 Å². The molecule has 3 nitrogen and oxygen atoms in total. The molecule has 2 aromatic carbocycles. The van der Waals surface area contributed by atoms with Crippen molar-refractivity contribution < 1.29 is 18.0 Å². The van der Waals surface area contributed by atoms with Crippen molar-refractivity contribution >= 4 is 17.3 Å². The molecule has 0 aliphatic heterocycles. The highest BCUT2D eigenvalue weighted by Crippen LogP contribution is 2.37. The number of hydrogen-bond acceptors (Lipinski definition) is 2. The van der Waals surface area contributed by atoms with E-state index >= 15 is 0 Å². The third-order valence-corrected chi connectivity index (χ3v) is 4.20. The lowest BCUT2D eigenvalue weighted by molar-refractivity contribution is -0.137. The summed E-state index contributed by atoms with van der Waals surface area (Å²) in [5.74, 6) is -0.281. The van der Waals surface area contributed by atoms with E-state index in [4.69, 9.17) is 0 Å². The van der Waals surface area contributed by atoms with E-state index in [-0.39, 0.29) is 11.9 Å². The van der Waals surface area contributed by atoms with E-state index in [9.17, 15) is 18.0 Å². The van der Waals surface area contributed by atoms with Crippen LogP contribution in [0.15, 0.2) is 55.1 Å². The number of halogens is 3. The normalized spacial score (nSPS) is 16.2. The van der Waals surface area contributed by atoms with Gasteiger partial charge >= 0.3 is 6.18 Å². The first-order valence-electron chi connectivity index (χ1n) is 7.87. The number of alkyl halides is 3. The predicted octanol–water partition coefficient (Wildman–Crippen LogP) is 4.93. The van der Waals surface area contributed by atoms with Crippen LogP contribution in [0.5, 0.6) is 0 Å². The molecule has 0 radical (unpaired) electrons. The highest BCUT2D eigenvalue weighted by molar-refractivity contribution is 5.98. The van der Waals surface area contributed by atoms with Crippen molar-refractivity contribution in [1.29, 1.82) is 0 Å². The van der Waals surface area contributed by atoms with Crippen LogP contribution in [0.3, 0.4) is 0 Å². The van der Waals surface area contributed by atoms with E-state index in [0.717, 1.165) is 36.1 Å². The minimum absolute atomic E-state index is 0.0531. The molecular formula is C19H17F3N2O. The van der Waals surface area contributed by atoms with E-state index in [1.54, 1.807) is 12.1 Å². The van der Waals surface area contributed by atoms with Gasteiger partial charge in [0.25, 0.3) is 0 Å². The number of aryl methyl sites for hydroxylation is 1. The topological polar surface area (TPSA) is 41.1 Å². The molecule has 2 aromatic rings. The van der Waals surface area contributed by atoms with Crippen molar-refractivity contribution in [3.05, 3.63) is 71.8 Å². The van der Waals surface area contributed by atoms with Gasteiger partial charge in [0.15, 0.2) is 0 Å². The lowest BCUT2D eigenvalue weighted by Crippen LogP contribution is -2.10. The standard InChI is InChI=1S/C19H17F3N2O/c1-2-18(25)24-15-7-8-16-12(10-15)6-9-17(16)23-14-5-3-4-13(11-14)19(20,21)22/h2-5,7-8,10-11,17,23H,1,6,9H2,(H,24,25). The van der Waals surface area contributed by atoms with Gasteiger partial charge in [0.05, 0.1) is 11.6 Å². The lowest BCUT2D eigenvalue weighted by atomic mass is 10.1. The Balaban J connectivity index is 1.77. The predicted molar refractivity (Wildman–Crippen MR) is 91.4 cm³/mol. The molecule has 25 heavy (non-hydrogen) atoms. The third-order valence-electron chi connectivity index (χ3n) is 4.20. The zero-order valence-electron chi connectivity index (χ0n) is 13.4. The Morgan fingerprint density at radius 1 is 1.16 bits per heavy atom. The SMILES string of the molecule is C=CC(=O)Nc1ccc2c(c1)CCC2Nc1cccc(C(F)(F)F)c1. The van der Waals surface area contributed by atoms with Crippen LogP contribution in [0.4, 0.5) is 24.5 Å². The number of carbonyl (C=O) groups is 1. The minimum atomic E-state index is -4.36. The summed E-state index contributed by atoms with van der Waals surface area (Å²) in [6.45, 7) is 3.41. The van der Waals surface area contributed by atoms with Crippen LogP contribution in [-0.2, 0) is 17.4 Å². The van der Waals surface area contributed by atoms with Crippen LogP contribution in [-0.4, -0.2) is 5.91 Å². The molecule has 0 bridgehead atoms. The maximum Gasteiger partial charge on any atom is 0.416 e.